The molecule has 0 saturated carbocycles. The van der Waals surface area contributed by atoms with Crippen LogP contribution in [0.2, 0.25) is 0 Å². The lowest BCUT2D eigenvalue weighted by Gasteiger charge is -2.24. The summed E-state index contributed by atoms with van der Waals surface area (Å²) in [5.41, 5.74) is 2.74. The van der Waals surface area contributed by atoms with E-state index in [4.69, 9.17) is 0 Å². The van der Waals surface area contributed by atoms with Crippen LogP contribution in [0.4, 0.5) is 4.79 Å². The summed E-state index contributed by atoms with van der Waals surface area (Å²) in [5, 5.41) is 2.85. The van der Waals surface area contributed by atoms with Crippen molar-refractivity contribution in [2.24, 2.45) is 0 Å². The quantitative estimate of drug-likeness (QED) is 0.760. The number of ether oxygens (including phenoxy) is 1. The molecular weight excluding hydrogens is 190 g/mol. The Hall–Kier alpha value is -1.51. The van der Waals surface area contributed by atoms with E-state index < -0.39 is 0 Å². The highest BCUT2D eigenvalue weighted by molar-refractivity contribution is 5.67. The van der Waals surface area contributed by atoms with E-state index in [1.807, 2.05) is 6.07 Å². The Morgan fingerprint density at radius 2 is 2.13 bits per heavy atom. The number of hydrogen-bond donors (Lipinski definition) is 1. The van der Waals surface area contributed by atoms with Crippen LogP contribution >= 0.6 is 0 Å². The molecule has 15 heavy (non-hydrogen) atoms. The van der Waals surface area contributed by atoms with Crippen molar-refractivity contribution in [3.8, 4) is 0 Å². The summed E-state index contributed by atoms with van der Waals surface area (Å²) >= 11 is 0. The summed E-state index contributed by atoms with van der Waals surface area (Å²) in [4.78, 5) is 11.1. The average Bonchev–Trinajstić information content (AvgIpc) is 2.29. The molecule has 1 aromatic carbocycles. The molecule has 1 atom stereocenters. The summed E-state index contributed by atoms with van der Waals surface area (Å²) in [6, 6.07) is 8.60. The minimum absolute atomic E-state index is 0.215. The Labute approximate surface area is 89.4 Å². The highest BCUT2D eigenvalue weighted by Crippen LogP contribution is 2.20. The number of aryl methyl sites for hydroxylation is 1. The van der Waals surface area contributed by atoms with E-state index in [1.54, 1.807) is 0 Å². The second-order valence-corrected chi connectivity index (χ2v) is 3.84. The Kier molecular flexibility index (Phi) is 2.90. The maximum absolute atomic E-state index is 11.1. The molecule has 0 fully saturated rings. The second-order valence-electron chi connectivity index (χ2n) is 3.84. The zero-order chi connectivity index (χ0) is 10.7. The van der Waals surface area contributed by atoms with Crippen molar-refractivity contribution in [1.29, 1.82) is 0 Å². The van der Waals surface area contributed by atoms with Crippen LogP contribution in [0, 0.1) is 0 Å². The van der Waals surface area contributed by atoms with Crippen LogP contribution < -0.4 is 5.32 Å². The van der Waals surface area contributed by atoms with Crippen LogP contribution in [0.15, 0.2) is 24.3 Å². The lowest BCUT2D eigenvalue weighted by Crippen LogP contribution is -2.38. The maximum Gasteiger partial charge on any atom is 0.407 e. The predicted molar refractivity (Wildman–Crippen MR) is 57.8 cm³/mol. The maximum atomic E-state index is 11.1. The molecule has 3 nitrogen and oxygen atoms in total. The van der Waals surface area contributed by atoms with Crippen molar-refractivity contribution in [3.05, 3.63) is 35.4 Å². The van der Waals surface area contributed by atoms with Crippen LogP contribution in [0.3, 0.4) is 0 Å². The fourth-order valence-corrected chi connectivity index (χ4v) is 2.05. The van der Waals surface area contributed by atoms with Gasteiger partial charge in [-0.05, 0) is 30.4 Å². The van der Waals surface area contributed by atoms with E-state index in [2.05, 4.69) is 28.3 Å². The lowest BCUT2D eigenvalue weighted by atomic mass is 9.88. The topological polar surface area (TPSA) is 38.3 Å². The molecule has 1 aliphatic carbocycles. The Balaban J connectivity index is 2.02. The standard InChI is InChI=1S/C12H15NO2/c1-15-12(14)13-11-7-6-9-4-2-3-5-10(9)8-11/h2-5,11H,6-8H2,1H3,(H,13,14). The average molecular weight is 205 g/mol. The molecule has 0 radical (unpaired) electrons. The van der Waals surface area contributed by atoms with Crippen molar-refractivity contribution in [3.63, 3.8) is 0 Å². The van der Waals surface area contributed by atoms with E-state index >= 15 is 0 Å². The van der Waals surface area contributed by atoms with E-state index in [1.165, 1.54) is 18.2 Å². The zero-order valence-corrected chi connectivity index (χ0v) is 8.82. The van der Waals surface area contributed by atoms with Crippen molar-refractivity contribution < 1.29 is 9.53 Å². The third kappa shape index (κ3) is 2.29. The first-order valence-electron chi connectivity index (χ1n) is 5.21. The minimum Gasteiger partial charge on any atom is -0.453 e. The van der Waals surface area contributed by atoms with Gasteiger partial charge in [-0.25, -0.2) is 4.79 Å². The first kappa shape index (κ1) is 10.0. The molecule has 2 rings (SSSR count). The number of nitrogens with one attached hydrogen (secondary N) is 1. The summed E-state index contributed by atoms with van der Waals surface area (Å²) < 4.78 is 4.59. The number of carbonyl (C=O) groups is 1. The van der Waals surface area contributed by atoms with Gasteiger partial charge in [0.25, 0.3) is 0 Å². The monoisotopic (exact) mass is 205 g/mol. The summed E-state index contributed by atoms with van der Waals surface area (Å²) in [5.74, 6) is 0. The molecule has 1 unspecified atom stereocenters. The lowest BCUT2D eigenvalue weighted by molar-refractivity contribution is 0.165. The number of carbonyl (C=O) groups excluding carboxylic acids is 1. The van der Waals surface area contributed by atoms with Gasteiger partial charge in [-0.2, -0.15) is 0 Å². The molecular formula is C12H15NO2. The molecule has 80 valence electrons. The van der Waals surface area contributed by atoms with Gasteiger partial charge in [0, 0.05) is 6.04 Å². The molecule has 1 aromatic rings. The summed E-state index contributed by atoms with van der Waals surface area (Å²) in [6.07, 6.45) is 2.60. The number of rotatable bonds is 1. The highest BCUT2D eigenvalue weighted by Gasteiger charge is 2.19. The zero-order valence-electron chi connectivity index (χ0n) is 8.82. The SMILES string of the molecule is COC(=O)NC1CCc2ccccc2C1. The highest BCUT2D eigenvalue weighted by atomic mass is 16.5. The van der Waals surface area contributed by atoms with Gasteiger partial charge >= 0.3 is 6.09 Å². The number of hydrogen-bond acceptors (Lipinski definition) is 2. The van der Waals surface area contributed by atoms with Gasteiger partial charge in [0.15, 0.2) is 0 Å². The smallest absolute Gasteiger partial charge is 0.407 e. The largest absolute Gasteiger partial charge is 0.453 e. The Bertz CT molecular complexity index is 362. The van der Waals surface area contributed by atoms with Crippen molar-refractivity contribution in [2.45, 2.75) is 25.3 Å². The van der Waals surface area contributed by atoms with Crippen LogP contribution in [-0.4, -0.2) is 19.2 Å². The van der Waals surface area contributed by atoms with Gasteiger partial charge in [-0.3, -0.25) is 0 Å². The summed E-state index contributed by atoms with van der Waals surface area (Å²) in [6.45, 7) is 0. The first-order valence-corrected chi connectivity index (χ1v) is 5.21. The van der Waals surface area contributed by atoms with Crippen molar-refractivity contribution in [2.75, 3.05) is 7.11 Å². The molecule has 1 N–H and O–H groups in total. The van der Waals surface area contributed by atoms with Crippen LogP contribution in [-0.2, 0) is 17.6 Å². The number of benzene rings is 1. The number of alkyl carbamates (subject to hydrolysis) is 1. The molecule has 0 spiro atoms. The van der Waals surface area contributed by atoms with E-state index in [-0.39, 0.29) is 12.1 Å². The van der Waals surface area contributed by atoms with Crippen molar-refractivity contribution in [1.82, 2.24) is 5.32 Å². The Morgan fingerprint density at radius 3 is 2.87 bits per heavy atom. The molecule has 1 aliphatic rings. The van der Waals surface area contributed by atoms with Gasteiger partial charge in [0.05, 0.1) is 7.11 Å². The van der Waals surface area contributed by atoms with E-state index in [9.17, 15) is 4.79 Å². The van der Waals surface area contributed by atoms with Crippen LogP contribution in [0.1, 0.15) is 17.5 Å². The third-order valence-electron chi connectivity index (χ3n) is 2.85. The molecule has 0 bridgehead atoms. The van der Waals surface area contributed by atoms with Gasteiger partial charge in [-0.15, -0.1) is 0 Å². The molecule has 1 amide bonds. The molecule has 3 heteroatoms. The first-order chi connectivity index (χ1) is 7.29. The van der Waals surface area contributed by atoms with E-state index in [0.29, 0.717) is 0 Å². The fourth-order valence-electron chi connectivity index (χ4n) is 2.05. The molecule has 0 heterocycles. The number of methoxy groups -OCH3 is 1. The number of amides is 1. The predicted octanol–water partition coefficient (Wildman–Crippen LogP) is 1.90. The molecule has 0 aromatic heterocycles. The van der Waals surface area contributed by atoms with Gasteiger partial charge < -0.3 is 10.1 Å². The van der Waals surface area contributed by atoms with Crippen LogP contribution in [0.25, 0.3) is 0 Å². The third-order valence-corrected chi connectivity index (χ3v) is 2.85. The number of fused-ring (bicyclic) bond motifs is 1. The van der Waals surface area contributed by atoms with Crippen LogP contribution in [0.5, 0.6) is 0 Å². The fraction of sp³-hybridized carbons (Fsp3) is 0.417. The summed E-state index contributed by atoms with van der Waals surface area (Å²) in [7, 11) is 1.39. The minimum atomic E-state index is -0.334. The second kappa shape index (κ2) is 4.34. The van der Waals surface area contributed by atoms with Gasteiger partial charge in [-0.1, -0.05) is 24.3 Å². The Morgan fingerprint density at radius 1 is 1.40 bits per heavy atom. The van der Waals surface area contributed by atoms with Gasteiger partial charge in [0.2, 0.25) is 0 Å². The molecule has 0 saturated heterocycles. The van der Waals surface area contributed by atoms with Gasteiger partial charge in [0.1, 0.15) is 0 Å². The molecule has 0 aliphatic heterocycles. The van der Waals surface area contributed by atoms with Crippen molar-refractivity contribution >= 4 is 6.09 Å². The van der Waals surface area contributed by atoms with E-state index in [0.717, 1.165) is 19.3 Å². The normalized spacial score (nSPS) is 19.1.